The van der Waals surface area contributed by atoms with E-state index in [-0.39, 0.29) is 6.04 Å². The van der Waals surface area contributed by atoms with Gasteiger partial charge in [0.25, 0.3) is 0 Å². The van der Waals surface area contributed by atoms with Crippen molar-refractivity contribution < 1.29 is 4.74 Å². The zero-order valence-corrected chi connectivity index (χ0v) is 11.8. The number of nitriles is 1. The van der Waals surface area contributed by atoms with Crippen LogP contribution in [0.1, 0.15) is 29.8 Å². The van der Waals surface area contributed by atoms with Gasteiger partial charge in [0.1, 0.15) is 24.1 Å². The lowest BCUT2D eigenvalue weighted by molar-refractivity contribution is 0.301. The number of rotatable bonds is 4. The standard InChI is InChI=1S/C15H14ClN3O/c1-10(18)14-7-12(16)2-3-15(14)20-9-11-4-5-19-13(6-11)8-17/h2-7,10H,9,18H2,1H3/t10-/m0/s1. The summed E-state index contributed by atoms with van der Waals surface area (Å²) in [6, 6.07) is 10.7. The van der Waals surface area contributed by atoms with Crippen molar-refractivity contribution in [2.75, 3.05) is 0 Å². The molecule has 1 aromatic heterocycles. The second kappa shape index (κ2) is 6.38. The van der Waals surface area contributed by atoms with Crippen molar-refractivity contribution in [2.24, 2.45) is 5.73 Å². The zero-order valence-electron chi connectivity index (χ0n) is 11.0. The van der Waals surface area contributed by atoms with Crippen LogP contribution in [0.5, 0.6) is 5.75 Å². The van der Waals surface area contributed by atoms with Gasteiger partial charge < -0.3 is 10.5 Å². The topological polar surface area (TPSA) is 71.9 Å². The van der Waals surface area contributed by atoms with Gasteiger partial charge in [-0.15, -0.1) is 0 Å². The predicted octanol–water partition coefficient (Wildman–Crippen LogP) is 3.21. The molecule has 20 heavy (non-hydrogen) atoms. The fourth-order valence-corrected chi connectivity index (χ4v) is 1.97. The molecule has 1 heterocycles. The summed E-state index contributed by atoms with van der Waals surface area (Å²) in [6.07, 6.45) is 1.59. The molecule has 2 N–H and O–H groups in total. The van der Waals surface area contributed by atoms with Crippen LogP contribution in [0.2, 0.25) is 5.02 Å². The molecule has 0 aliphatic carbocycles. The minimum absolute atomic E-state index is 0.171. The molecule has 1 aromatic carbocycles. The lowest BCUT2D eigenvalue weighted by Gasteiger charge is -2.14. The van der Waals surface area contributed by atoms with E-state index < -0.39 is 0 Å². The first-order valence-electron chi connectivity index (χ1n) is 6.13. The Hall–Kier alpha value is -2.09. The highest BCUT2D eigenvalue weighted by Crippen LogP contribution is 2.27. The van der Waals surface area contributed by atoms with Crippen LogP contribution in [0.25, 0.3) is 0 Å². The van der Waals surface area contributed by atoms with Gasteiger partial charge in [-0.2, -0.15) is 5.26 Å². The summed E-state index contributed by atoms with van der Waals surface area (Å²) in [5, 5.41) is 9.44. The molecule has 102 valence electrons. The van der Waals surface area contributed by atoms with Gasteiger partial charge in [0, 0.05) is 22.8 Å². The number of nitrogens with zero attached hydrogens (tertiary/aromatic N) is 2. The molecular formula is C15H14ClN3O. The molecule has 0 saturated heterocycles. The van der Waals surface area contributed by atoms with Crippen LogP contribution in [-0.2, 0) is 6.61 Å². The first-order valence-corrected chi connectivity index (χ1v) is 6.51. The Morgan fingerprint density at radius 1 is 1.40 bits per heavy atom. The van der Waals surface area contributed by atoms with Crippen molar-refractivity contribution in [1.29, 1.82) is 5.26 Å². The molecule has 0 fully saturated rings. The molecule has 2 rings (SSSR count). The molecule has 0 amide bonds. The van der Waals surface area contributed by atoms with Gasteiger partial charge >= 0.3 is 0 Å². The summed E-state index contributed by atoms with van der Waals surface area (Å²) < 4.78 is 5.76. The fraction of sp³-hybridized carbons (Fsp3) is 0.200. The first kappa shape index (κ1) is 14.3. The summed E-state index contributed by atoms with van der Waals surface area (Å²) in [5.74, 6) is 0.694. The van der Waals surface area contributed by atoms with E-state index in [4.69, 9.17) is 27.3 Å². The normalized spacial score (nSPS) is 11.7. The van der Waals surface area contributed by atoms with E-state index in [0.29, 0.717) is 23.1 Å². The highest BCUT2D eigenvalue weighted by molar-refractivity contribution is 6.30. The molecular weight excluding hydrogens is 274 g/mol. The molecule has 4 nitrogen and oxygen atoms in total. The van der Waals surface area contributed by atoms with Gasteiger partial charge in [-0.25, -0.2) is 4.98 Å². The van der Waals surface area contributed by atoms with E-state index in [9.17, 15) is 0 Å². The molecule has 0 radical (unpaired) electrons. The van der Waals surface area contributed by atoms with Gasteiger partial charge in [0.05, 0.1) is 0 Å². The van der Waals surface area contributed by atoms with Gasteiger partial charge in [0.2, 0.25) is 0 Å². The lowest BCUT2D eigenvalue weighted by Crippen LogP contribution is -2.08. The van der Waals surface area contributed by atoms with E-state index in [2.05, 4.69) is 4.98 Å². The number of hydrogen-bond acceptors (Lipinski definition) is 4. The maximum Gasteiger partial charge on any atom is 0.140 e. The fourth-order valence-electron chi connectivity index (χ4n) is 1.79. The van der Waals surface area contributed by atoms with Crippen molar-refractivity contribution in [3.8, 4) is 11.8 Å². The molecule has 2 aromatic rings. The molecule has 0 spiro atoms. The number of halogens is 1. The van der Waals surface area contributed by atoms with Crippen molar-refractivity contribution in [1.82, 2.24) is 4.98 Å². The van der Waals surface area contributed by atoms with Crippen LogP contribution in [0.4, 0.5) is 0 Å². The number of nitrogens with two attached hydrogens (primary N) is 1. The summed E-state index contributed by atoms with van der Waals surface area (Å²) in [7, 11) is 0. The summed E-state index contributed by atoms with van der Waals surface area (Å²) in [4.78, 5) is 3.92. The van der Waals surface area contributed by atoms with Crippen LogP contribution in [0.3, 0.4) is 0 Å². The highest BCUT2D eigenvalue weighted by Gasteiger charge is 2.09. The third kappa shape index (κ3) is 3.47. The van der Waals surface area contributed by atoms with Crippen LogP contribution in [0.15, 0.2) is 36.5 Å². The van der Waals surface area contributed by atoms with Crippen LogP contribution in [0, 0.1) is 11.3 Å². The SMILES string of the molecule is C[C@H](N)c1cc(Cl)ccc1OCc1ccnc(C#N)c1. The van der Waals surface area contributed by atoms with Gasteiger partial charge in [-0.05, 0) is 42.8 Å². The Kier molecular flexibility index (Phi) is 4.57. The zero-order chi connectivity index (χ0) is 14.5. The van der Waals surface area contributed by atoms with E-state index >= 15 is 0 Å². The Morgan fingerprint density at radius 2 is 2.20 bits per heavy atom. The molecule has 0 saturated carbocycles. The molecule has 0 bridgehead atoms. The molecule has 0 unspecified atom stereocenters. The van der Waals surface area contributed by atoms with Gasteiger partial charge in [-0.3, -0.25) is 0 Å². The molecule has 0 aliphatic rings. The van der Waals surface area contributed by atoms with Crippen LogP contribution < -0.4 is 10.5 Å². The molecule has 0 aliphatic heterocycles. The third-order valence-electron chi connectivity index (χ3n) is 2.80. The van der Waals surface area contributed by atoms with Crippen molar-refractivity contribution in [3.63, 3.8) is 0 Å². The maximum absolute atomic E-state index is 8.81. The van der Waals surface area contributed by atoms with Crippen LogP contribution >= 0.6 is 11.6 Å². The van der Waals surface area contributed by atoms with Gasteiger partial charge in [-0.1, -0.05) is 11.6 Å². The Morgan fingerprint density at radius 3 is 2.90 bits per heavy atom. The highest BCUT2D eigenvalue weighted by atomic mass is 35.5. The summed E-state index contributed by atoms with van der Waals surface area (Å²) in [5.41, 5.74) is 8.01. The van der Waals surface area contributed by atoms with Gasteiger partial charge in [0.15, 0.2) is 0 Å². The number of ether oxygens (including phenoxy) is 1. The number of aromatic nitrogens is 1. The number of pyridine rings is 1. The number of hydrogen-bond donors (Lipinski definition) is 1. The minimum atomic E-state index is -0.171. The summed E-state index contributed by atoms with van der Waals surface area (Å²) in [6.45, 7) is 2.22. The first-order chi connectivity index (χ1) is 9.60. The van der Waals surface area contributed by atoms with Crippen molar-refractivity contribution in [3.05, 3.63) is 58.4 Å². The van der Waals surface area contributed by atoms with E-state index in [1.54, 1.807) is 30.5 Å². The maximum atomic E-state index is 8.81. The van der Waals surface area contributed by atoms with Crippen molar-refractivity contribution in [2.45, 2.75) is 19.6 Å². The Labute approximate surface area is 122 Å². The van der Waals surface area contributed by atoms with E-state index in [0.717, 1.165) is 11.1 Å². The predicted molar refractivity (Wildman–Crippen MR) is 77.3 cm³/mol. The van der Waals surface area contributed by atoms with Crippen LogP contribution in [-0.4, -0.2) is 4.98 Å². The molecule has 5 heteroatoms. The Bertz CT molecular complexity index is 650. The second-order valence-electron chi connectivity index (χ2n) is 4.42. The minimum Gasteiger partial charge on any atom is -0.489 e. The average Bonchev–Trinajstić information content (AvgIpc) is 2.46. The number of benzene rings is 1. The smallest absolute Gasteiger partial charge is 0.140 e. The second-order valence-corrected chi connectivity index (χ2v) is 4.86. The monoisotopic (exact) mass is 287 g/mol. The largest absolute Gasteiger partial charge is 0.489 e. The summed E-state index contributed by atoms with van der Waals surface area (Å²) >= 11 is 5.96. The van der Waals surface area contributed by atoms with E-state index in [1.165, 1.54) is 0 Å². The van der Waals surface area contributed by atoms with Crippen molar-refractivity contribution >= 4 is 11.6 Å². The Balaban J connectivity index is 2.16. The quantitative estimate of drug-likeness (QED) is 0.937. The third-order valence-corrected chi connectivity index (χ3v) is 3.03. The lowest BCUT2D eigenvalue weighted by atomic mass is 10.1. The molecule has 1 atom stereocenters. The van der Waals surface area contributed by atoms with E-state index in [1.807, 2.05) is 19.1 Å². The average molecular weight is 288 g/mol.